The van der Waals surface area contributed by atoms with E-state index in [0.29, 0.717) is 5.92 Å². The highest BCUT2D eigenvalue weighted by Gasteiger charge is 2.06. The summed E-state index contributed by atoms with van der Waals surface area (Å²) in [6.07, 6.45) is 0. The first-order chi connectivity index (χ1) is 6.18. The van der Waals surface area contributed by atoms with Gasteiger partial charge in [0.1, 0.15) is 0 Å². The van der Waals surface area contributed by atoms with Crippen LogP contribution >= 0.6 is 11.3 Å². The third-order valence-corrected chi connectivity index (χ3v) is 2.96. The van der Waals surface area contributed by atoms with Crippen molar-refractivity contribution in [1.29, 1.82) is 0 Å². The minimum absolute atomic E-state index is 0.0306. The van der Waals surface area contributed by atoms with Crippen molar-refractivity contribution >= 4 is 21.6 Å². The summed E-state index contributed by atoms with van der Waals surface area (Å²) < 4.78 is 1.05. The molecule has 3 heteroatoms. The molecule has 0 aliphatic rings. The van der Waals surface area contributed by atoms with Crippen LogP contribution in [0.5, 0.6) is 0 Å². The zero-order valence-corrected chi connectivity index (χ0v) is 8.44. The summed E-state index contributed by atoms with van der Waals surface area (Å²) in [7, 11) is 0. The summed E-state index contributed by atoms with van der Waals surface area (Å²) in [6, 6.07) is 6.04. The molecule has 0 saturated heterocycles. The lowest BCUT2D eigenvalue weighted by Crippen LogP contribution is -1.93. The van der Waals surface area contributed by atoms with Gasteiger partial charge in [-0.2, -0.15) is 0 Å². The van der Waals surface area contributed by atoms with E-state index >= 15 is 0 Å². The fourth-order valence-corrected chi connectivity index (χ4v) is 2.25. The summed E-state index contributed by atoms with van der Waals surface area (Å²) >= 11 is 1.27. The zero-order valence-electron chi connectivity index (χ0n) is 7.63. The maximum absolute atomic E-state index is 11.1. The summed E-state index contributed by atoms with van der Waals surface area (Å²) in [5, 5.41) is 0. The molecule has 2 rings (SSSR count). The second kappa shape index (κ2) is 3.00. The Morgan fingerprint density at radius 1 is 1.38 bits per heavy atom. The molecule has 0 spiro atoms. The molecule has 0 unspecified atom stereocenters. The highest BCUT2D eigenvalue weighted by atomic mass is 32.1. The van der Waals surface area contributed by atoms with Crippen LogP contribution in [0.3, 0.4) is 0 Å². The highest BCUT2D eigenvalue weighted by Crippen LogP contribution is 2.24. The molecule has 0 bridgehead atoms. The Hall–Kier alpha value is -1.09. The fraction of sp³-hybridized carbons (Fsp3) is 0.300. The largest absolute Gasteiger partial charge is 0.312 e. The molecule has 0 radical (unpaired) electrons. The van der Waals surface area contributed by atoms with Gasteiger partial charge in [-0.15, -0.1) is 0 Å². The third-order valence-electron chi connectivity index (χ3n) is 2.11. The second-order valence-corrected chi connectivity index (χ2v) is 4.40. The van der Waals surface area contributed by atoms with Crippen molar-refractivity contribution < 1.29 is 0 Å². The van der Waals surface area contributed by atoms with E-state index in [0.717, 1.165) is 10.2 Å². The Morgan fingerprint density at radius 3 is 2.85 bits per heavy atom. The van der Waals surface area contributed by atoms with Gasteiger partial charge < -0.3 is 4.98 Å². The van der Waals surface area contributed by atoms with E-state index in [1.807, 2.05) is 12.1 Å². The van der Waals surface area contributed by atoms with E-state index in [-0.39, 0.29) is 4.87 Å². The number of fused-ring (bicyclic) bond motifs is 1. The number of H-pyrrole nitrogens is 1. The van der Waals surface area contributed by atoms with Gasteiger partial charge in [0.05, 0.1) is 10.2 Å². The Kier molecular flexibility index (Phi) is 1.96. The van der Waals surface area contributed by atoms with E-state index in [4.69, 9.17) is 0 Å². The summed E-state index contributed by atoms with van der Waals surface area (Å²) in [4.78, 5) is 14.0. The average Bonchev–Trinajstić information content (AvgIpc) is 2.43. The van der Waals surface area contributed by atoms with E-state index < -0.39 is 0 Å². The van der Waals surface area contributed by atoms with Crippen molar-refractivity contribution in [2.24, 2.45) is 0 Å². The van der Waals surface area contributed by atoms with Crippen LogP contribution in [-0.4, -0.2) is 4.98 Å². The lowest BCUT2D eigenvalue weighted by molar-refractivity contribution is 0.873. The van der Waals surface area contributed by atoms with Crippen molar-refractivity contribution in [1.82, 2.24) is 4.98 Å². The topological polar surface area (TPSA) is 32.9 Å². The summed E-state index contributed by atoms with van der Waals surface area (Å²) in [6.45, 7) is 4.26. The van der Waals surface area contributed by atoms with Crippen LogP contribution in [0.1, 0.15) is 25.3 Å². The number of rotatable bonds is 1. The van der Waals surface area contributed by atoms with Crippen molar-refractivity contribution in [3.8, 4) is 0 Å². The predicted octanol–water partition coefficient (Wildman–Crippen LogP) is 2.71. The van der Waals surface area contributed by atoms with Gasteiger partial charge in [0, 0.05) is 0 Å². The van der Waals surface area contributed by atoms with Gasteiger partial charge in [0.2, 0.25) is 0 Å². The average molecular weight is 193 g/mol. The molecule has 68 valence electrons. The zero-order chi connectivity index (χ0) is 9.42. The first kappa shape index (κ1) is 8.51. The van der Waals surface area contributed by atoms with Crippen LogP contribution in [0.4, 0.5) is 0 Å². The molecule has 1 aromatic carbocycles. The molecule has 0 aliphatic carbocycles. The maximum atomic E-state index is 11.1. The quantitative estimate of drug-likeness (QED) is 0.742. The monoisotopic (exact) mass is 193 g/mol. The molecule has 0 amide bonds. The number of hydrogen-bond acceptors (Lipinski definition) is 2. The molecule has 2 aromatic rings. The lowest BCUT2D eigenvalue weighted by atomic mass is 10.0. The predicted molar refractivity (Wildman–Crippen MR) is 56.5 cm³/mol. The molecular weight excluding hydrogens is 182 g/mol. The van der Waals surface area contributed by atoms with Crippen LogP contribution in [0.2, 0.25) is 0 Å². The molecule has 0 aliphatic heterocycles. The van der Waals surface area contributed by atoms with Crippen molar-refractivity contribution in [3.63, 3.8) is 0 Å². The van der Waals surface area contributed by atoms with E-state index in [1.165, 1.54) is 16.9 Å². The third kappa shape index (κ3) is 1.40. The smallest absolute Gasteiger partial charge is 0.305 e. The van der Waals surface area contributed by atoms with Crippen LogP contribution < -0.4 is 4.87 Å². The van der Waals surface area contributed by atoms with Gasteiger partial charge >= 0.3 is 4.87 Å². The van der Waals surface area contributed by atoms with E-state index in [1.54, 1.807) is 0 Å². The molecule has 0 fully saturated rings. The molecule has 13 heavy (non-hydrogen) atoms. The second-order valence-electron chi connectivity index (χ2n) is 3.39. The van der Waals surface area contributed by atoms with Gasteiger partial charge in [-0.05, 0) is 17.5 Å². The first-order valence-electron chi connectivity index (χ1n) is 4.30. The first-order valence-corrected chi connectivity index (χ1v) is 5.12. The van der Waals surface area contributed by atoms with Crippen LogP contribution in [0, 0.1) is 0 Å². The van der Waals surface area contributed by atoms with Gasteiger partial charge in [0.15, 0.2) is 0 Å². The Morgan fingerprint density at radius 2 is 2.15 bits per heavy atom. The Bertz CT molecular complexity index is 481. The normalized spacial score (nSPS) is 11.3. The molecular formula is C10H11NOS. The highest BCUT2D eigenvalue weighted by molar-refractivity contribution is 7.16. The number of nitrogens with one attached hydrogen (secondary N) is 1. The van der Waals surface area contributed by atoms with Gasteiger partial charge in [-0.25, -0.2) is 0 Å². The minimum atomic E-state index is 0.0306. The number of aromatic amines is 1. The van der Waals surface area contributed by atoms with E-state index in [9.17, 15) is 4.79 Å². The lowest BCUT2D eigenvalue weighted by Gasteiger charge is -2.05. The number of para-hydroxylation sites is 1. The number of thiazole rings is 1. The van der Waals surface area contributed by atoms with Gasteiger partial charge in [-0.3, -0.25) is 4.79 Å². The van der Waals surface area contributed by atoms with Gasteiger partial charge in [0.25, 0.3) is 0 Å². The number of aromatic nitrogens is 1. The van der Waals surface area contributed by atoms with Crippen molar-refractivity contribution in [2.75, 3.05) is 0 Å². The fourth-order valence-electron chi connectivity index (χ4n) is 1.48. The molecule has 1 N–H and O–H groups in total. The van der Waals surface area contributed by atoms with Gasteiger partial charge in [-0.1, -0.05) is 37.3 Å². The molecule has 2 nitrogen and oxygen atoms in total. The summed E-state index contributed by atoms with van der Waals surface area (Å²) in [5.74, 6) is 0.453. The SMILES string of the molecule is CC(C)c1cccc2sc(=O)[nH]c12. The minimum Gasteiger partial charge on any atom is -0.312 e. The van der Waals surface area contributed by atoms with E-state index in [2.05, 4.69) is 24.9 Å². The van der Waals surface area contributed by atoms with Crippen molar-refractivity contribution in [2.45, 2.75) is 19.8 Å². The van der Waals surface area contributed by atoms with Crippen molar-refractivity contribution in [3.05, 3.63) is 33.4 Å². The Labute approximate surface area is 80.2 Å². The number of hydrogen-bond donors (Lipinski definition) is 1. The van der Waals surface area contributed by atoms with Crippen LogP contribution in [0.15, 0.2) is 23.0 Å². The standard InChI is InChI=1S/C10H11NOS/c1-6(2)7-4-3-5-8-9(7)11-10(12)13-8/h3-6H,1-2H3,(H,11,12). The number of benzene rings is 1. The molecule has 0 saturated carbocycles. The van der Waals surface area contributed by atoms with Crippen LogP contribution in [-0.2, 0) is 0 Å². The summed E-state index contributed by atoms with van der Waals surface area (Å²) in [5.41, 5.74) is 2.23. The molecule has 1 aromatic heterocycles. The van der Waals surface area contributed by atoms with Crippen LogP contribution in [0.25, 0.3) is 10.2 Å². The Balaban J connectivity index is 2.82. The molecule has 1 heterocycles. The molecule has 0 atom stereocenters. The maximum Gasteiger partial charge on any atom is 0.305 e.